The van der Waals surface area contributed by atoms with E-state index in [4.69, 9.17) is 18.5 Å². The van der Waals surface area contributed by atoms with Crippen LogP contribution in [0.15, 0.2) is 97.2 Å². The van der Waals surface area contributed by atoms with Crippen LogP contribution in [0.5, 0.6) is 0 Å². The highest BCUT2D eigenvalue weighted by molar-refractivity contribution is 7.47. The van der Waals surface area contributed by atoms with Crippen LogP contribution in [0.1, 0.15) is 136 Å². The van der Waals surface area contributed by atoms with E-state index in [1.54, 1.807) is 0 Å². The summed E-state index contributed by atoms with van der Waals surface area (Å²) in [6, 6.07) is 0. The van der Waals surface area contributed by atoms with Gasteiger partial charge in [0.25, 0.3) is 0 Å². The fourth-order valence-corrected chi connectivity index (χ4v) is 7.98. The second-order valence-electron chi connectivity index (χ2n) is 16.3. The van der Waals surface area contributed by atoms with Gasteiger partial charge in [0.2, 0.25) is 0 Å². The molecule has 8 N–H and O–H groups in total. The van der Waals surface area contributed by atoms with E-state index in [0.29, 0.717) is 38.5 Å². The van der Waals surface area contributed by atoms with Crippen molar-refractivity contribution < 1.29 is 82.0 Å². The first-order valence-corrected chi connectivity index (χ1v) is 26.9. The van der Waals surface area contributed by atoms with Crippen molar-refractivity contribution in [3.63, 3.8) is 0 Å². The summed E-state index contributed by atoms with van der Waals surface area (Å²) >= 11 is 0. The van der Waals surface area contributed by atoms with Crippen LogP contribution in [0.2, 0.25) is 0 Å². The summed E-state index contributed by atoms with van der Waals surface area (Å²) < 4.78 is 49.2. The molecule has 9 atom stereocenters. The lowest BCUT2D eigenvalue weighted by Gasteiger charge is -2.43. The van der Waals surface area contributed by atoms with Crippen LogP contribution in [0, 0.1) is 0 Å². The molecule has 0 saturated heterocycles. The van der Waals surface area contributed by atoms with E-state index in [-0.39, 0.29) is 12.8 Å². The molecule has 0 spiro atoms. The molecule has 0 amide bonds. The molecular formula is C49H80O17P2. The quantitative estimate of drug-likeness (QED) is 0.0125. The van der Waals surface area contributed by atoms with Gasteiger partial charge in [0, 0.05) is 12.8 Å². The molecule has 0 heterocycles. The Kier molecular flexibility index (Phi) is 35.7. The number of phosphoric acid groups is 2. The maximum atomic E-state index is 13.0. The highest BCUT2D eigenvalue weighted by Gasteiger charge is 2.54. The fourth-order valence-electron chi connectivity index (χ4n) is 6.44. The fraction of sp³-hybridized carbons (Fsp3) is 0.633. The molecular weight excluding hydrogens is 922 g/mol. The summed E-state index contributed by atoms with van der Waals surface area (Å²) in [5, 5.41) is 51.1. The highest BCUT2D eigenvalue weighted by atomic mass is 31.2. The van der Waals surface area contributed by atoms with Crippen LogP contribution in [0.4, 0.5) is 0 Å². The minimum atomic E-state index is -5.39. The van der Waals surface area contributed by atoms with Crippen LogP contribution < -0.4 is 0 Å². The monoisotopic (exact) mass is 1000 g/mol. The minimum absolute atomic E-state index is 0.0107. The first kappa shape index (κ1) is 62.9. The highest BCUT2D eigenvalue weighted by Crippen LogP contribution is 2.49. The third-order valence-electron chi connectivity index (χ3n) is 10.2. The Morgan fingerprint density at radius 1 is 0.529 bits per heavy atom. The minimum Gasteiger partial charge on any atom is -0.462 e. The number of aliphatic hydroxyl groups is 5. The molecule has 0 radical (unpaired) electrons. The van der Waals surface area contributed by atoms with Crippen LogP contribution in [0.3, 0.4) is 0 Å². The number of carbonyl (C=O) groups excluding carboxylic acids is 2. The Bertz CT molecular complexity index is 1700. The molecule has 1 aliphatic carbocycles. The molecule has 1 saturated carbocycles. The lowest BCUT2D eigenvalue weighted by Crippen LogP contribution is -2.64. The number of rotatable bonds is 38. The molecule has 0 aromatic heterocycles. The van der Waals surface area contributed by atoms with Crippen LogP contribution in [-0.2, 0) is 41.8 Å². The third kappa shape index (κ3) is 32.6. The molecule has 1 rings (SSSR count). The lowest BCUT2D eigenvalue weighted by atomic mass is 9.85. The molecule has 17 nitrogen and oxygen atoms in total. The van der Waals surface area contributed by atoms with Gasteiger partial charge < -0.3 is 49.7 Å². The smallest absolute Gasteiger partial charge is 0.462 e. The number of hydrogen-bond acceptors (Lipinski definition) is 14. The molecule has 19 heteroatoms. The predicted octanol–water partition coefficient (Wildman–Crippen LogP) is 8.14. The first-order valence-electron chi connectivity index (χ1n) is 23.9. The molecule has 0 bridgehead atoms. The SMILES string of the molecule is CCCCC/C=C\C/C=C\C/C=C\C/C=C\CCCC(=O)O[C@H](COC(=O)CCC/C=C\C/C=C\C/C=C\C/C=C\[C@@H](O)CCCC)COP(=O)(O)O[C@H]1C(O)C(O)C(O)[C@@H](OP(=O)(O)O)C1O. The van der Waals surface area contributed by atoms with Crippen molar-refractivity contribution in [2.75, 3.05) is 13.2 Å². The van der Waals surface area contributed by atoms with Gasteiger partial charge in [-0.1, -0.05) is 137 Å². The average Bonchev–Trinajstić information content (AvgIpc) is 3.29. The summed E-state index contributed by atoms with van der Waals surface area (Å²) in [6.07, 6.45) is 31.4. The van der Waals surface area contributed by atoms with Gasteiger partial charge in [-0.15, -0.1) is 0 Å². The van der Waals surface area contributed by atoms with Crippen LogP contribution >= 0.6 is 15.6 Å². The zero-order valence-corrected chi connectivity index (χ0v) is 41.6. The van der Waals surface area contributed by atoms with Crippen molar-refractivity contribution in [3.8, 4) is 0 Å². The van der Waals surface area contributed by atoms with E-state index in [2.05, 4.69) is 54.8 Å². The average molecular weight is 1000 g/mol. The normalized spacial score (nSPS) is 22.6. The summed E-state index contributed by atoms with van der Waals surface area (Å²) in [5.74, 6) is -1.37. The van der Waals surface area contributed by atoms with Gasteiger partial charge in [-0.25, -0.2) is 9.13 Å². The van der Waals surface area contributed by atoms with Gasteiger partial charge in [-0.05, 0) is 83.5 Å². The molecule has 0 aliphatic heterocycles. The van der Waals surface area contributed by atoms with Crippen molar-refractivity contribution in [1.82, 2.24) is 0 Å². The second-order valence-corrected chi connectivity index (χ2v) is 18.9. The Morgan fingerprint density at radius 2 is 0.971 bits per heavy atom. The van der Waals surface area contributed by atoms with Gasteiger partial charge in [0.15, 0.2) is 6.10 Å². The van der Waals surface area contributed by atoms with E-state index in [1.165, 1.54) is 19.3 Å². The summed E-state index contributed by atoms with van der Waals surface area (Å²) in [6.45, 7) is 2.82. The maximum Gasteiger partial charge on any atom is 0.472 e. The second kappa shape index (κ2) is 38.6. The predicted molar refractivity (Wildman–Crippen MR) is 261 cm³/mol. The van der Waals surface area contributed by atoms with Crippen molar-refractivity contribution in [2.45, 2.75) is 185 Å². The van der Waals surface area contributed by atoms with E-state index < -0.39 is 89.6 Å². The Balaban J connectivity index is 2.69. The number of ether oxygens (including phenoxy) is 2. The molecule has 0 aromatic carbocycles. The van der Waals surface area contributed by atoms with E-state index in [1.807, 2.05) is 60.8 Å². The number of allylic oxidation sites excluding steroid dienone is 15. The van der Waals surface area contributed by atoms with Crippen molar-refractivity contribution >= 4 is 27.6 Å². The van der Waals surface area contributed by atoms with E-state index in [9.17, 15) is 58.9 Å². The lowest BCUT2D eigenvalue weighted by molar-refractivity contribution is -0.216. The third-order valence-corrected chi connectivity index (χ3v) is 11.7. The zero-order valence-electron chi connectivity index (χ0n) is 39.9. The number of hydrogen-bond donors (Lipinski definition) is 8. The van der Waals surface area contributed by atoms with Crippen molar-refractivity contribution in [2.24, 2.45) is 0 Å². The number of unbranched alkanes of at least 4 members (excludes halogenated alkanes) is 6. The van der Waals surface area contributed by atoms with Gasteiger partial charge in [-0.3, -0.25) is 23.2 Å². The topological polar surface area (TPSA) is 276 Å². The standard InChI is InChI=1S/C49H80O17P2/c1-3-5-7-8-9-10-11-12-13-14-15-16-21-24-27-30-33-37-43(52)64-41(39-63-68(60,61)66-49-46(55)44(53)45(54)48(47(49)56)65-67(57,58)59)38-62-42(51)36-32-29-26-23-20-18-17-19-22-25-28-31-35-40(50)34-6-4-2/h9-10,12-13,15-18,22-27,31,35,40-41,44-50,53-56H,3-8,11,14,19-21,28-30,32-34,36-39H2,1-2H3,(H,60,61)(H2,57,58,59)/b10-9-,13-12-,16-15-,18-17-,25-22-,26-23-,27-24-,35-31-/t40-,41+,44?,45?,46?,47?,48+,49-/m0/s1. The summed E-state index contributed by atoms with van der Waals surface area (Å²) in [4.78, 5) is 54.2. The van der Waals surface area contributed by atoms with Crippen molar-refractivity contribution in [1.29, 1.82) is 0 Å². The van der Waals surface area contributed by atoms with Gasteiger partial charge in [-0.2, -0.15) is 0 Å². The summed E-state index contributed by atoms with van der Waals surface area (Å²) in [7, 11) is -10.7. The molecule has 68 heavy (non-hydrogen) atoms. The van der Waals surface area contributed by atoms with Gasteiger partial charge >= 0.3 is 27.6 Å². The molecule has 388 valence electrons. The van der Waals surface area contributed by atoms with Crippen LogP contribution in [0.25, 0.3) is 0 Å². The number of aliphatic hydroxyl groups excluding tert-OH is 5. The molecule has 1 aliphatic rings. The maximum absolute atomic E-state index is 13.0. The first-order chi connectivity index (χ1) is 32.5. The summed E-state index contributed by atoms with van der Waals surface area (Å²) in [5.41, 5.74) is 0. The van der Waals surface area contributed by atoms with Crippen LogP contribution in [-0.4, -0.2) is 114 Å². The van der Waals surface area contributed by atoms with E-state index >= 15 is 0 Å². The van der Waals surface area contributed by atoms with Crippen molar-refractivity contribution in [3.05, 3.63) is 97.2 Å². The van der Waals surface area contributed by atoms with Gasteiger partial charge in [0.05, 0.1) is 12.7 Å². The molecule has 0 aromatic rings. The molecule has 1 fully saturated rings. The number of esters is 2. The Labute approximate surface area is 403 Å². The Hall–Kier alpha value is -3.12. The largest absolute Gasteiger partial charge is 0.472 e. The number of phosphoric ester groups is 2. The zero-order chi connectivity index (χ0) is 50.5. The Morgan fingerprint density at radius 3 is 1.46 bits per heavy atom. The van der Waals surface area contributed by atoms with E-state index in [0.717, 1.165) is 51.4 Å². The number of carbonyl (C=O) groups is 2. The van der Waals surface area contributed by atoms with Gasteiger partial charge in [0.1, 0.15) is 43.2 Å². The molecule has 5 unspecified atom stereocenters.